The Morgan fingerprint density at radius 2 is 1.95 bits per heavy atom. The summed E-state index contributed by atoms with van der Waals surface area (Å²) in [5.41, 5.74) is 4.95. The van der Waals surface area contributed by atoms with Gasteiger partial charge in [-0.25, -0.2) is 0 Å². The van der Waals surface area contributed by atoms with Crippen molar-refractivity contribution in [3.63, 3.8) is 0 Å². The number of nitrogens with zero attached hydrogens (tertiary/aromatic N) is 1. The van der Waals surface area contributed by atoms with E-state index >= 15 is 0 Å². The van der Waals surface area contributed by atoms with Gasteiger partial charge in [0.15, 0.2) is 0 Å². The maximum Gasteiger partial charge on any atom is 0.237 e. The summed E-state index contributed by atoms with van der Waals surface area (Å²) < 4.78 is 5.41. The van der Waals surface area contributed by atoms with E-state index in [1.807, 2.05) is 20.8 Å². The highest BCUT2D eigenvalue weighted by Gasteiger charge is 2.35. The van der Waals surface area contributed by atoms with Crippen LogP contribution in [0, 0.1) is 0 Å². The SMILES string of the molecule is CC(C)NC(C)(CC(C)N(C)C1CCOCC1)C(N)=O. The van der Waals surface area contributed by atoms with E-state index in [1.165, 1.54) is 0 Å². The Morgan fingerprint density at radius 1 is 1.40 bits per heavy atom. The zero-order chi connectivity index (χ0) is 15.3. The summed E-state index contributed by atoms with van der Waals surface area (Å²) in [5, 5.41) is 3.32. The summed E-state index contributed by atoms with van der Waals surface area (Å²) >= 11 is 0. The Morgan fingerprint density at radius 3 is 2.40 bits per heavy atom. The third-order valence-corrected chi connectivity index (χ3v) is 4.32. The van der Waals surface area contributed by atoms with Crippen LogP contribution >= 0.6 is 0 Å². The fourth-order valence-corrected chi connectivity index (χ4v) is 3.05. The van der Waals surface area contributed by atoms with Gasteiger partial charge in [-0.2, -0.15) is 0 Å². The second-order valence-corrected chi connectivity index (χ2v) is 6.56. The van der Waals surface area contributed by atoms with Crippen molar-refractivity contribution in [3.8, 4) is 0 Å². The molecular weight excluding hydrogens is 254 g/mol. The molecule has 0 aromatic carbocycles. The standard InChI is InChI=1S/C15H31N3O2/c1-11(2)17-15(4,14(16)19)10-12(3)18(5)13-6-8-20-9-7-13/h11-13,17H,6-10H2,1-5H3,(H2,16,19). The van der Waals surface area contributed by atoms with Gasteiger partial charge in [-0.05, 0) is 54.0 Å². The molecule has 2 atom stereocenters. The number of hydrogen-bond donors (Lipinski definition) is 2. The lowest BCUT2D eigenvalue weighted by molar-refractivity contribution is -0.125. The Balaban J connectivity index is 2.64. The van der Waals surface area contributed by atoms with Crippen LogP contribution in [0.3, 0.4) is 0 Å². The Hall–Kier alpha value is -0.650. The van der Waals surface area contributed by atoms with Crippen LogP contribution in [-0.4, -0.2) is 54.7 Å². The molecule has 3 N–H and O–H groups in total. The molecule has 1 aliphatic rings. The minimum Gasteiger partial charge on any atom is -0.381 e. The molecule has 20 heavy (non-hydrogen) atoms. The van der Waals surface area contributed by atoms with Crippen LogP contribution < -0.4 is 11.1 Å². The molecule has 0 aromatic rings. The second kappa shape index (κ2) is 7.38. The van der Waals surface area contributed by atoms with Gasteiger partial charge in [0.05, 0.1) is 5.54 Å². The van der Waals surface area contributed by atoms with Gasteiger partial charge in [0, 0.05) is 31.3 Å². The molecule has 0 aliphatic carbocycles. The lowest BCUT2D eigenvalue weighted by atomic mass is 9.90. The van der Waals surface area contributed by atoms with Crippen LogP contribution in [0.15, 0.2) is 0 Å². The van der Waals surface area contributed by atoms with E-state index in [-0.39, 0.29) is 11.9 Å². The lowest BCUT2D eigenvalue weighted by Gasteiger charge is -2.40. The van der Waals surface area contributed by atoms with Crippen molar-refractivity contribution in [1.29, 1.82) is 0 Å². The normalized spacial score (nSPS) is 21.9. The molecule has 1 fully saturated rings. The third-order valence-electron chi connectivity index (χ3n) is 4.32. The highest BCUT2D eigenvalue weighted by Crippen LogP contribution is 2.21. The summed E-state index contributed by atoms with van der Waals surface area (Å²) in [7, 11) is 2.14. The predicted octanol–water partition coefficient (Wildman–Crippen LogP) is 1.12. The molecule has 2 unspecified atom stereocenters. The minimum absolute atomic E-state index is 0.230. The molecule has 1 rings (SSSR count). The number of primary amides is 1. The molecule has 1 saturated heterocycles. The van der Waals surface area contributed by atoms with E-state index in [1.54, 1.807) is 0 Å². The zero-order valence-corrected chi connectivity index (χ0v) is 13.6. The summed E-state index contributed by atoms with van der Waals surface area (Å²) in [4.78, 5) is 14.2. The highest BCUT2D eigenvalue weighted by atomic mass is 16.5. The van der Waals surface area contributed by atoms with E-state index in [2.05, 4.69) is 24.2 Å². The number of nitrogens with one attached hydrogen (secondary N) is 1. The van der Waals surface area contributed by atoms with E-state index in [0.29, 0.717) is 18.5 Å². The first kappa shape index (κ1) is 17.4. The van der Waals surface area contributed by atoms with E-state index in [4.69, 9.17) is 10.5 Å². The molecule has 1 aliphatic heterocycles. The molecule has 5 nitrogen and oxygen atoms in total. The van der Waals surface area contributed by atoms with Crippen molar-refractivity contribution < 1.29 is 9.53 Å². The van der Waals surface area contributed by atoms with Crippen molar-refractivity contribution in [2.75, 3.05) is 20.3 Å². The van der Waals surface area contributed by atoms with Crippen LogP contribution in [0.5, 0.6) is 0 Å². The number of hydrogen-bond acceptors (Lipinski definition) is 4. The van der Waals surface area contributed by atoms with Crippen LogP contribution in [0.4, 0.5) is 0 Å². The van der Waals surface area contributed by atoms with E-state index in [9.17, 15) is 4.79 Å². The molecule has 5 heteroatoms. The van der Waals surface area contributed by atoms with Crippen LogP contribution in [0.25, 0.3) is 0 Å². The lowest BCUT2D eigenvalue weighted by Crippen LogP contribution is -2.58. The van der Waals surface area contributed by atoms with Gasteiger partial charge in [-0.15, -0.1) is 0 Å². The molecule has 0 saturated carbocycles. The average Bonchev–Trinajstić information content (AvgIpc) is 2.37. The molecule has 1 amide bonds. The number of ether oxygens (including phenoxy) is 1. The average molecular weight is 285 g/mol. The highest BCUT2D eigenvalue weighted by molar-refractivity contribution is 5.84. The van der Waals surface area contributed by atoms with Gasteiger partial charge in [-0.3, -0.25) is 4.79 Å². The monoisotopic (exact) mass is 285 g/mol. The molecule has 118 valence electrons. The van der Waals surface area contributed by atoms with Gasteiger partial charge >= 0.3 is 0 Å². The van der Waals surface area contributed by atoms with Crippen molar-refractivity contribution in [2.24, 2.45) is 5.73 Å². The number of amides is 1. The van der Waals surface area contributed by atoms with Crippen molar-refractivity contribution >= 4 is 5.91 Å². The van der Waals surface area contributed by atoms with Crippen molar-refractivity contribution in [1.82, 2.24) is 10.2 Å². The van der Waals surface area contributed by atoms with Crippen LogP contribution in [-0.2, 0) is 9.53 Å². The van der Waals surface area contributed by atoms with Gasteiger partial charge in [0.1, 0.15) is 0 Å². The summed E-state index contributed by atoms with van der Waals surface area (Å²) in [5.74, 6) is -0.279. The first-order valence-corrected chi connectivity index (χ1v) is 7.63. The molecule has 0 aromatic heterocycles. The van der Waals surface area contributed by atoms with Gasteiger partial charge < -0.3 is 20.7 Å². The molecule has 0 spiro atoms. The molecule has 0 radical (unpaired) electrons. The van der Waals surface area contributed by atoms with Crippen LogP contribution in [0.2, 0.25) is 0 Å². The number of rotatable bonds is 7. The van der Waals surface area contributed by atoms with Crippen LogP contribution in [0.1, 0.15) is 47.0 Å². The van der Waals surface area contributed by atoms with E-state index < -0.39 is 5.54 Å². The van der Waals surface area contributed by atoms with Crippen molar-refractivity contribution in [3.05, 3.63) is 0 Å². The van der Waals surface area contributed by atoms with E-state index in [0.717, 1.165) is 26.1 Å². The topological polar surface area (TPSA) is 67.6 Å². The maximum atomic E-state index is 11.8. The van der Waals surface area contributed by atoms with Gasteiger partial charge in [0.2, 0.25) is 5.91 Å². The van der Waals surface area contributed by atoms with Crippen molar-refractivity contribution in [2.45, 2.75) is 70.6 Å². The summed E-state index contributed by atoms with van der Waals surface area (Å²) in [6.07, 6.45) is 2.84. The smallest absolute Gasteiger partial charge is 0.237 e. The van der Waals surface area contributed by atoms with Gasteiger partial charge in [-0.1, -0.05) is 0 Å². The first-order valence-electron chi connectivity index (χ1n) is 7.63. The van der Waals surface area contributed by atoms with Gasteiger partial charge in [0.25, 0.3) is 0 Å². The quantitative estimate of drug-likeness (QED) is 0.735. The zero-order valence-electron chi connectivity index (χ0n) is 13.6. The molecular formula is C15H31N3O2. The predicted molar refractivity (Wildman–Crippen MR) is 81.6 cm³/mol. The summed E-state index contributed by atoms with van der Waals surface area (Å²) in [6.45, 7) is 9.81. The fourth-order valence-electron chi connectivity index (χ4n) is 3.05. The molecule has 0 bridgehead atoms. The first-order chi connectivity index (χ1) is 9.26. The third kappa shape index (κ3) is 4.72. The fraction of sp³-hybridized carbons (Fsp3) is 0.933. The Kier molecular flexibility index (Phi) is 6.43. The Bertz CT molecular complexity index is 316. The summed E-state index contributed by atoms with van der Waals surface area (Å²) in [6, 6.07) is 1.06. The largest absolute Gasteiger partial charge is 0.381 e. The minimum atomic E-state index is -0.660. The molecule has 1 heterocycles. The second-order valence-electron chi connectivity index (χ2n) is 6.56. The number of nitrogens with two attached hydrogens (primary N) is 1. The number of carbonyl (C=O) groups is 1. The Labute approximate surface area is 123 Å². The maximum absolute atomic E-state index is 11.8. The number of carbonyl (C=O) groups excluding carboxylic acids is 1.